The summed E-state index contributed by atoms with van der Waals surface area (Å²) < 4.78 is 13.3. The molecule has 176 valence electrons. The van der Waals surface area contributed by atoms with E-state index in [0.717, 1.165) is 46.2 Å². The number of aromatic nitrogens is 3. The number of ether oxygens (including phenoxy) is 1. The predicted molar refractivity (Wildman–Crippen MR) is 137 cm³/mol. The van der Waals surface area contributed by atoms with E-state index in [9.17, 15) is 0 Å². The van der Waals surface area contributed by atoms with Gasteiger partial charge in [0.2, 0.25) is 5.95 Å². The minimum absolute atomic E-state index is 0.548. The van der Waals surface area contributed by atoms with Crippen molar-refractivity contribution < 1.29 is 9.15 Å². The minimum atomic E-state index is 0.548. The van der Waals surface area contributed by atoms with Crippen molar-refractivity contribution in [2.75, 3.05) is 31.6 Å². The molecule has 35 heavy (non-hydrogen) atoms. The number of pyridine rings is 1. The van der Waals surface area contributed by atoms with Crippen molar-refractivity contribution in [3.05, 3.63) is 85.1 Å². The molecule has 0 amide bonds. The summed E-state index contributed by atoms with van der Waals surface area (Å²) in [5.41, 5.74) is 4.75. The lowest BCUT2D eigenvalue weighted by Crippen LogP contribution is -2.25. The van der Waals surface area contributed by atoms with Gasteiger partial charge < -0.3 is 14.5 Å². The topological polar surface area (TPSA) is 67.8 Å². The first-order chi connectivity index (χ1) is 17.3. The smallest absolute Gasteiger partial charge is 0.247 e. The summed E-state index contributed by atoms with van der Waals surface area (Å²) in [5, 5.41) is 8.02. The molecule has 2 aromatic carbocycles. The van der Waals surface area contributed by atoms with Crippen molar-refractivity contribution in [2.24, 2.45) is 0 Å². The summed E-state index contributed by atoms with van der Waals surface area (Å²) in [5.74, 6) is 2.27. The molecule has 1 saturated heterocycles. The van der Waals surface area contributed by atoms with Crippen LogP contribution in [0.3, 0.4) is 0 Å². The van der Waals surface area contributed by atoms with Gasteiger partial charge in [-0.2, -0.15) is 4.98 Å². The van der Waals surface area contributed by atoms with Gasteiger partial charge in [-0.3, -0.25) is 4.90 Å². The van der Waals surface area contributed by atoms with E-state index in [1.807, 2.05) is 59.1 Å². The van der Waals surface area contributed by atoms with Crippen LogP contribution < -0.4 is 10.1 Å². The third-order valence-electron chi connectivity index (χ3n) is 6.33. The normalized spacial score (nSPS) is 13.9. The minimum Gasteiger partial charge on any atom is -0.492 e. The summed E-state index contributed by atoms with van der Waals surface area (Å²) in [7, 11) is 0. The summed E-state index contributed by atoms with van der Waals surface area (Å²) in [6.45, 7) is 4.08. The van der Waals surface area contributed by atoms with Crippen LogP contribution in [0.2, 0.25) is 0 Å². The number of hydrogen-bond donors (Lipinski definition) is 1. The first-order valence-electron chi connectivity index (χ1n) is 12.0. The molecule has 0 unspecified atom stereocenters. The number of nitrogens with zero attached hydrogens (tertiary/aromatic N) is 4. The third kappa shape index (κ3) is 4.76. The van der Waals surface area contributed by atoms with Crippen LogP contribution in [-0.4, -0.2) is 45.7 Å². The average Bonchev–Trinajstić information content (AvgIpc) is 3.67. The SMILES string of the molecule is c1coc(-c2ccc(-c3cccc4nc(Nc5ccc(OCCN6CCCC6)cc5)nn34)cc2)c1. The lowest BCUT2D eigenvalue weighted by molar-refractivity contribution is 0.238. The van der Waals surface area contributed by atoms with Crippen LogP contribution in [0.1, 0.15) is 12.8 Å². The van der Waals surface area contributed by atoms with Crippen LogP contribution >= 0.6 is 0 Å². The predicted octanol–water partition coefficient (Wildman–Crippen LogP) is 5.87. The Balaban J connectivity index is 1.15. The Morgan fingerprint density at radius 3 is 2.43 bits per heavy atom. The van der Waals surface area contributed by atoms with E-state index in [0.29, 0.717) is 12.6 Å². The number of anilines is 2. The van der Waals surface area contributed by atoms with Crippen molar-refractivity contribution in [2.45, 2.75) is 12.8 Å². The molecule has 0 bridgehead atoms. The van der Waals surface area contributed by atoms with E-state index in [1.165, 1.54) is 25.9 Å². The molecule has 1 aliphatic rings. The standard InChI is InChI=1S/C28H27N5O2/c1-2-17-32(16-1)18-20-34-24-14-12-23(13-15-24)29-28-30-27-7-3-5-25(33(27)31-28)21-8-10-22(11-9-21)26-6-4-19-35-26/h3-15,19H,1-2,16-18,20H2,(H,29,31). The van der Waals surface area contributed by atoms with Gasteiger partial charge in [0.15, 0.2) is 5.65 Å². The van der Waals surface area contributed by atoms with Crippen LogP contribution in [0.4, 0.5) is 11.6 Å². The van der Waals surface area contributed by atoms with Gasteiger partial charge in [0.25, 0.3) is 0 Å². The van der Waals surface area contributed by atoms with E-state index in [1.54, 1.807) is 6.26 Å². The van der Waals surface area contributed by atoms with Crippen molar-refractivity contribution in [1.29, 1.82) is 0 Å². The van der Waals surface area contributed by atoms with E-state index in [2.05, 4.69) is 39.5 Å². The molecule has 0 spiro atoms. The molecule has 3 aromatic heterocycles. The second kappa shape index (κ2) is 9.64. The molecule has 7 heteroatoms. The van der Waals surface area contributed by atoms with Crippen molar-refractivity contribution >= 4 is 17.3 Å². The highest BCUT2D eigenvalue weighted by Crippen LogP contribution is 2.26. The Hall–Kier alpha value is -4.10. The van der Waals surface area contributed by atoms with E-state index in [4.69, 9.17) is 14.3 Å². The Morgan fingerprint density at radius 1 is 0.857 bits per heavy atom. The van der Waals surface area contributed by atoms with Gasteiger partial charge in [0.05, 0.1) is 12.0 Å². The number of furan rings is 1. The first-order valence-corrected chi connectivity index (χ1v) is 12.0. The van der Waals surface area contributed by atoms with Crippen LogP contribution in [0.25, 0.3) is 28.2 Å². The molecule has 7 nitrogen and oxygen atoms in total. The zero-order chi connectivity index (χ0) is 23.5. The van der Waals surface area contributed by atoms with Gasteiger partial charge in [-0.05, 0) is 74.5 Å². The monoisotopic (exact) mass is 465 g/mol. The largest absolute Gasteiger partial charge is 0.492 e. The van der Waals surface area contributed by atoms with Crippen LogP contribution in [0.15, 0.2) is 89.5 Å². The van der Waals surface area contributed by atoms with E-state index < -0.39 is 0 Å². The summed E-state index contributed by atoms with van der Waals surface area (Å²) in [6, 6.07) is 26.0. The van der Waals surface area contributed by atoms with E-state index >= 15 is 0 Å². The molecule has 6 rings (SSSR count). The molecule has 0 aliphatic carbocycles. The quantitative estimate of drug-likeness (QED) is 0.309. The zero-order valence-corrected chi connectivity index (χ0v) is 19.4. The van der Waals surface area contributed by atoms with Crippen molar-refractivity contribution in [1.82, 2.24) is 19.5 Å². The number of rotatable bonds is 8. The van der Waals surface area contributed by atoms with Crippen LogP contribution in [0.5, 0.6) is 5.75 Å². The number of benzene rings is 2. The maximum Gasteiger partial charge on any atom is 0.247 e. The Morgan fingerprint density at radius 2 is 1.66 bits per heavy atom. The summed E-state index contributed by atoms with van der Waals surface area (Å²) in [6.07, 6.45) is 4.29. The van der Waals surface area contributed by atoms with Gasteiger partial charge in [0.1, 0.15) is 18.1 Å². The highest BCUT2D eigenvalue weighted by atomic mass is 16.5. The number of fused-ring (bicyclic) bond motifs is 1. The van der Waals surface area contributed by atoms with E-state index in [-0.39, 0.29) is 0 Å². The number of nitrogens with one attached hydrogen (secondary N) is 1. The molecular formula is C28H27N5O2. The Kier molecular flexibility index (Phi) is 5.90. The first kappa shape index (κ1) is 21.4. The molecular weight excluding hydrogens is 438 g/mol. The summed E-state index contributed by atoms with van der Waals surface area (Å²) in [4.78, 5) is 7.11. The second-order valence-electron chi connectivity index (χ2n) is 8.72. The molecule has 0 radical (unpaired) electrons. The molecule has 4 heterocycles. The van der Waals surface area contributed by atoms with Gasteiger partial charge in [-0.1, -0.05) is 30.3 Å². The van der Waals surface area contributed by atoms with Gasteiger partial charge in [-0.25, -0.2) is 4.52 Å². The molecule has 1 fully saturated rings. The zero-order valence-electron chi connectivity index (χ0n) is 19.4. The molecule has 0 saturated carbocycles. The van der Waals surface area contributed by atoms with Gasteiger partial charge in [-0.15, -0.1) is 5.10 Å². The fraction of sp³-hybridized carbons (Fsp3) is 0.214. The number of hydrogen-bond acceptors (Lipinski definition) is 6. The number of likely N-dealkylation sites (tertiary alicyclic amines) is 1. The Labute approximate surface area is 204 Å². The maximum absolute atomic E-state index is 5.91. The van der Waals surface area contributed by atoms with Crippen LogP contribution in [-0.2, 0) is 0 Å². The Bertz CT molecular complexity index is 1390. The van der Waals surface area contributed by atoms with Gasteiger partial charge in [0, 0.05) is 23.4 Å². The molecule has 0 atom stereocenters. The molecule has 1 N–H and O–H groups in total. The molecule has 5 aromatic rings. The highest BCUT2D eigenvalue weighted by Gasteiger charge is 2.12. The van der Waals surface area contributed by atoms with Crippen LogP contribution in [0, 0.1) is 0 Å². The molecule has 1 aliphatic heterocycles. The maximum atomic E-state index is 5.91. The van der Waals surface area contributed by atoms with Crippen molar-refractivity contribution in [3.8, 4) is 28.3 Å². The fourth-order valence-corrected chi connectivity index (χ4v) is 4.49. The summed E-state index contributed by atoms with van der Waals surface area (Å²) >= 11 is 0. The second-order valence-corrected chi connectivity index (χ2v) is 8.72. The van der Waals surface area contributed by atoms with Crippen molar-refractivity contribution in [3.63, 3.8) is 0 Å². The third-order valence-corrected chi connectivity index (χ3v) is 6.33. The highest BCUT2D eigenvalue weighted by molar-refractivity contribution is 5.68. The lowest BCUT2D eigenvalue weighted by atomic mass is 10.1. The average molecular weight is 466 g/mol. The van der Waals surface area contributed by atoms with Gasteiger partial charge >= 0.3 is 0 Å². The fourth-order valence-electron chi connectivity index (χ4n) is 4.49. The lowest BCUT2D eigenvalue weighted by Gasteiger charge is -2.15.